The van der Waals surface area contributed by atoms with E-state index in [0.717, 1.165) is 34.8 Å². The van der Waals surface area contributed by atoms with Crippen LogP contribution >= 0.6 is 0 Å². The number of hydrogen-bond acceptors (Lipinski definition) is 3. The van der Waals surface area contributed by atoms with Crippen molar-refractivity contribution in [1.29, 1.82) is 0 Å². The fraction of sp³-hybridized carbons (Fsp3) is 0.389. The molecule has 1 heterocycles. The third-order valence-electron chi connectivity index (χ3n) is 4.76. The largest absolute Gasteiger partial charge is 0.326 e. The monoisotopic (exact) mass is 293 g/mol. The minimum Gasteiger partial charge on any atom is -0.326 e. The van der Waals surface area contributed by atoms with E-state index in [4.69, 9.17) is 0 Å². The van der Waals surface area contributed by atoms with E-state index in [1.54, 1.807) is 6.20 Å². The summed E-state index contributed by atoms with van der Waals surface area (Å²) in [6.07, 6.45) is 5.36. The van der Waals surface area contributed by atoms with Gasteiger partial charge in [0.05, 0.1) is 5.69 Å². The predicted molar refractivity (Wildman–Crippen MR) is 85.2 cm³/mol. The summed E-state index contributed by atoms with van der Waals surface area (Å²) in [5, 5.41) is 11.2. The quantitative estimate of drug-likeness (QED) is 0.939. The van der Waals surface area contributed by atoms with Crippen LogP contribution in [0, 0.1) is 24.7 Å². The molecule has 4 nitrogen and oxygen atoms in total. The summed E-state index contributed by atoms with van der Waals surface area (Å²) in [6.45, 7) is 2.04. The summed E-state index contributed by atoms with van der Waals surface area (Å²) in [5.74, 6) is 1.87. The Bertz CT molecular complexity index is 710. The van der Waals surface area contributed by atoms with Crippen LogP contribution in [-0.4, -0.2) is 16.1 Å². The summed E-state index contributed by atoms with van der Waals surface area (Å²) < 4.78 is 0. The molecule has 0 bridgehead atoms. The van der Waals surface area contributed by atoms with Crippen LogP contribution in [0.1, 0.15) is 24.8 Å². The molecule has 22 heavy (non-hydrogen) atoms. The summed E-state index contributed by atoms with van der Waals surface area (Å²) in [7, 11) is 0. The first-order valence-electron chi connectivity index (χ1n) is 7.92. The molecule has 2 saturated carbocycles. The molecule has 1 aromatic heterocycles. The number of carbonyl (C=O) groups excluding carboxylic acids is 1. The van der Waals surface area contributed by atoms with Crippen LogP contribution in [0.25, 0.3) is 11.3 Å². The Balaban J connectivity index is 1.52. The Morgan fingerprint density at radius 2 is 2.14 bits per heavy atom. The second-order valence-electron chi connectivity index (χ2n) is 6.47. The van der Waals surface area contributed by atoms with Crippen molar-refractivity contribution >= 4 is 11.6 Å². The summed E-state index contributed by atoms with van der Waals surface area (Å²) in [5.41, 5.74) is 3.82. The first-order valence-corrected chi connectivity index (χ1v) is 7.92. The highest BCUT2D eigenvalue weighted by atomic mass is 16.2. The maximum Gasteiger partial charge on any atom is 0.227 e. The lowest BCUT2D eigenvalue weighted by atomic mass is 10.0. The van der Waals surface area contributed by atoms with Crippen LogP contribution in [0.3, 0.4) is 0 Å². The van der Waals surface area contributed by atoms with Gasteiger partial charge in [0.1, 0.15) is 0 Å². The normalized spacial score (nSPS) is 23.1. The van der Waals surface area contributed by atoms with E-state index in [1.807, 2.05) is 37.3 Å². The second-order valence-corrected chi connectivity index (χ2v) is 6.47. The molecule has 0 saturated heterocycles. The number of anilines is 1. The molecule has 2 aliphatic rings. The Labute approximate surface area is 130 Å². The van der Waals surface area contributed by atoms with E-state index in [2.05, 4.69) is 15.5 Å². The number of nitrogens with one attached hydrogen (secondary N) is 1. The molecule has 1 amide bonds. The maximum absolute atomic E-state index is 12.3. The topological polar surface area (TPSA) is 54.9 Å². The van der Waals surface area contributed by atoms with E-state index < -0.39 is 0 Å². The van der Waals surface area contributed by atoms with Crippen LogP contribution in [0.4, 0.5) is 5.69 Å². The predicted octanol–water partition coefficient (Wildman–Crippen LogP) is 3.44. The number of aryl methyl sites for hydroxylation is 1. The number of aromatic nitrogens is 2. The number of hydrogen-bond donors (Lipinski definition) is 1. The molecule has 4 heteroatoms. The highest BCUT2D eigenvalue weighted by Gasteiger charge is 2.51. The number of carbonyl (C=O) groups is 1. The van der Waals surface area contributed by atoms with Gasteiger partial charge in [-0.2, -0.15) is 10.2 Å². The highest BCUT2D eigenvalue weighted by Crippen LogP contribution is 2.54. The van der Waals surface area contributed by atoms with Crippen molar-refractivity contribution in [2.24, 2.45) is 17.8 Å². The molecule has 0 unspecified atom stereocenters. The second kappa shape index (κ2) is 5.20. The van der Waals surface area contributed by atoms with E-state index >= 15 is 0 Å². The Kier molecular flexibility index (Phi) is 3.17. The minimum atomic E-state index is 0.172. The number of nitrogens with zero attached hydrogens (tertiary/aromatic N) is 2. The fourth-order valence-corrected chi connectivity index (χ4v) is 3.22. The molecular formula is C18H19N3O. The smallest absolute Gasteiger partial charge is 0.227 e. The molecular weight excluding hydrogens is 274 g/mol. The fourth-order valence-electron chi connectivity index (χ4n) is 3.22. The van der Waals surface area contributed by atoms with Crippen molar-refractivity contribution in [3.05, 3.63) is 42.1 Å². The van der Waals surface area contributed by atoms with Crippen molar-refractivity contribution in [3.8, 4) is 11.3 Å². The first-order chi connectivity index (χ1) is 10.7. The molecule has 4 rings (SSSR count). The van der Waals surface area contributed by atoms with Gasteiger partial charge in [0.15, 0.2) is 0 Å². The third kappa shape index (κ3) is 2.61. The number of amides is 1. The van der Waals surface area contributed by atoms with Crippen LogP contribution in [-0.2, 0) is 4.79 Å². The Morgan fingerprint density at radius 3 is 2.86 bits per heavy atom. The molecule has 0 radical (unpaired) electrons. The average molecular weight is 293 g/mol. The van der Waals surface area contributed by atoms with E-state index in [1.165, 1.54) is 12.8 Å². The van der Waals surface area contributed by atoms with Crippen molar-refractivity contribution in [2.75, 3.05) is 5.32 Å². The summed E-state index contributed by atoms with van der Waals surface area (Å²) in [4.78, 5) is 12.3. The SMILES string of the molecule is Cc1ccc(NC(=O)[C@H]2C[C@@H]2C2CC2)cc1-c1cccnn1. The summed E-state index contributed by atoms with van der Waals surface area (Å²) in [6, 6.07) is 9.78. The van der Waals surface area contributed by atoms with Crippen molar-refractivity contribution in [3.63, 3.8) is 0 Å². The van der Waals surface area contributed by atoms with Gasteiger partial charge in [-0.1, -0.05) is 6.07 Å². The van der Waals surface area contributed by atoms with E-state index in [-0.39, 0.29) is 11.8 Å². The molecule has 0 spiro atoms. The van der Waals surface area contributed by atoms with Crippen molar-refractivity contribution < 1.29 is 4.79 Å². The van der Waals surface area contributed by atoms with E-state index in [0.29, 0.717) is 5.92 Å². The van der Waals surface area contributed by atoms with E-state index in [9.17, 15) is 4.79 Å². The highest BCUT2D eigenvalue weighted by molar-refractivity contribution is 5.95. The molecule has 2 aliphatic carbocycles. The lowest BCUT2D eigenvalue weighted by Crippen LogP contribution is -2.15. The molecule has 112 valence electrons. The zero-order valence-corrected chi connectivity index (χ0v) is 12.6. The van der Waals surface area contributed by atoms with Crippen LogP contribution in [0.2, 0.25) is 0 Å². The van der Waals surface area contributed by atoms with Gasteiger partial charge in [0.2, 0.25) is 5.91 Å². The van der Waals surface area contributed by atoms with Gasteiger partial charge in [-0.25, -0.2) is 0 Å². The number of benzene rings is 1. The van der Waals surface area contributed by atoms with Crippen LogP contribution < -0.4 is 5.32 Å². The van der Waals surface area contributed by atoms with Gasteiger partial charge in [0.25, 0.3) is 0 Å². The average Bonchev–Trinajstić information content (AvgIpc) is 3.40. The third-order valence-corrected chi connectivity index (χ3v) is 4.76. The summed E-state index contributed by atoms with van der Waals surface area (Å²) >= 11 is 0. The number of rotatable bonds is 4. The first kappa shape index (κ1) is 13.4. The molecule has 2 atom stereocenters. The molecule has 0 aliphatic heterocycles. The lowest BCUT2D eigenvalue weighted by molar-refractivity contribution is -0.117. The van der Waals surface area contributed by atoms with Gasteiger partial charge in [-0.3, -0.25) is 4.79 Å². The minimum absolute atomic E-state index is 0.172. The lowest BCUT2D eigenvalue weighted by Gasteiger charge is -2.09. The molecule has 2 aromatic rings. The standard InChI is InChI=1S/C18H19N3O/c1-11-4-7-13(9-14(11)17-3-2-8-19-21-17)20-18(22)16-10-15(16)12-5-6-12/h2-4,7-9,12,15-16H,5-6,10H2,1H3,(H,20,22)/t15-,16+/m1/s1. The molecule has 1 aromatic carbocycles. The van der Waals surface area contributed by atoms with Crippen LogP contribution in [0.5, 0.6) is 0 Å². The van der Waals surface area contributed by atoms with Gasteiger partial charge < -0.3 is 5.32 Å². The van der Waals surface area contributed by atoms with Crippen molar-refractivity contribution in [1.82, 2.24) is 10.2 Å². The van der Waals surface area contributed by atoms with Crippen LogP contribution in [0.15, 0.2) is 36.5 Å². The Morgan fingerprint density at radius 1 is 1.27 bits per heavy atom. The van der Waals surface area contributed by atoms with Gasteiger partial charge in [-0.15, -0.1) is 0 Å². The zero-order valence-electron chi connectivity index (χ0n) is 12.6. The van der Waals surface area contributed by atoms with Gasteiger partial charge in [-0.05, 0) is 67.9 Å². The van der Waals surface area contributed by atoms with Crippen molar-refractivity contribution in [2.45, 2.75) is 26.2 Å². The molecule has 2 fully saturated rings. The molecule has 1 N–H and O–H groups in total. The zero-order chi connectivity index (χ0) is 15.1. The van der Waals surface area contributed by atoms with Gasteiger partial charge in [0, 0.05) is 23.4 Å². The van der Waals surface area contributed by atoms with Gasteiger partial charge >= 0.3 is 0 Å². The maximum atomic E-state index is 12.3. The Hall–Kier alpha value is -2.23.